The van der Waals surface area contributed by atoms with Gasteiger partial charge in [-0.05, 0) is 24.4 Å². The van der Waals surface area contributed by atoms with E-state index in [-0.39, 0.29) is 17.2 Å². The van der Waals surface area contributed by atoms with Crippen molar-refractivity contribution in [3.05, 3.63) is 17.0 Å². The zero-order valence-electron chi connectivity index (χ0n) is 10.8. The van der Waals surface area contributed by atoms with Gasteiger partial charge in [-0.1, -0.05) is 26.7 Å². The van der Waals surface area contributed by atoms with Crippen LogP contribution in [0.5, 0.6) is 0 Å². The normalized spacial score (nSPS) is 14.4. The first-order valence-electron chi connectivity index (χ1n) is 6.50. The summed E-state index contributed by atoms with van der Waals surface area (Å²) in [4.78, 5) is 22.2. The second-order valence-electron chi connectivity index (χ2n) is 4.66. The summed E-state index contributed by atoms with van der Waals surface area (Å²) in [7, 11) is 0. The van der Waals surface area contributed by atoms with Gasteiger partial charge in [0.25, 0.3) is 0 Å². The maximum atomic E-state index is 12.1. The second-order valence-corrected chi connectivity index (χ2v) is 5.00. The van der Waals surface area contributed by atoms with Crippen LogP contribution in [-0.4, -0.2) is 21.9 Å². The van der Waals surface area contributed by atoms with Crippen molar-refractivity contribution >= 4 is 23.3 Å². The molecule has 1 aromatic rings. The highest BCUT2D eigenvalue weighted by Crippen LogP contribution is 2.31. The number of halogens is 1. The smallest absolute Gasteiger partial charge is 0.233 e. The summed E-state index contributed by atoms with van der Waals surface area (Å²) in [6.07, 6.45) is 6.18. The summed E-state index contributed by atoms with van der Waals surface area (Å²) in [6, 6.07) is 0.236. The number of rotatable bonds is 5. The van der Waals surface area contributed by atoms with Crippen molar-refractivity contribution in [1.82, 2.24) is 9.97 Å². The molecule has 1 aromatic heterocycles. The largest absolute Gasteiger partial charge is 0.293 e. The Labute approximate surface area is 112 Å². The van der Waals surface area contributed by atoms with Crippen molar-refractivity contribution < 1.29 is 4.79 Å². The van der Waals surface area contributed by atoms with Crippen LogP contribution in [-0.2, 0) is 11.2 Å². The third-order valence-electron chi connectivity index (χ3n) is 3.26. The summed E-state index contributed by atoms with van der Waals surface area (Å²) < 4.78 is 0. The fourth-order valence-corrected chi connectivity index (χ4v) is 2.65. The third kappa shape index (κ3) is 2.48. The first-order chi connectivity index (χ1) is 8.67. The van der Waals surface area contributed by atoms with Gasteiger partial charge in [-0.3, -0.25) is 9.69 Å². The monoisotopic (exact) mass is 267 g/mol. The quantitative estimate of drug-likeness (QED) is 0.771. The van der Waals surface area contributed by atoms with Gasteiger partial charge in [-0.2, -0.15) is 4.98 Å². The van der Waals surface area contributed by atoms with Crippen molar-refractivity contribution in [3.8, 4) is 0 Å². The molecule has 0 spiro atoms. The first-order valence-corrected chi connectivity index (χ1v) is 6.88. The van der Waals surface area contributed by atoms with Crippen LogP contribution in [0, 0.1) is 0 Å². The summed E-state index contributed by atoms with van der Waals surface area (Å²) in [5.41, 5.74) is 0.890. The molecule has 0 bridgehead atoms. The number of hydrogen-bond acceptors (Lipinski definition) is 3. The zero-order chi connectivity index (χ0) is 13.1. The number of anilines is 1. The Morgan fingerprint density at radius 3 is 2.67 bits per heavy atom. The molecule has 0 saturated heterocycles. The maximum Gasteiger partial charge on any atom is 0.233 e. The van der Waals surface area contributed by atoms with E-state index in [4.69, 9.17) is 11.6 Å². The lowest BCUT2D eigenvalue weighted by atomic mass is 10.1. The van der Waals surface area contributed by atoms with Crippen LogP contribution in [0.3, 0.4) is 0 Å². The Kier molecular flexibility index (Phi) is 4.17. The summed E-state index contributed by atoms with van der Waals surface area (Å²) >= 11 is 5.84. The lowest BCUT2D eigenvalue weighted by molar-refractivity contribution is -0.117. The molecule has 1 aliphatic heterocycles. The second kappa shape index (κ2) is 5.65. The minimum absolute atomic E-state index is 0.119. The van der Waals surface area contributed by atoms with E-state index in [0.29, 0.717) is 12.2 Å². The molecule has 0 atom stereocenters. The topological polar surface area (TPSA) is 46.1 Å². The van der Waals surface area contributed by atoms with Crippen LogP contribution in [0.2, 0.25) is 5.28 Å². The molecule has 4 nitrogen and oxygen atoms in total. The minimum Gasteiger partial charge on any atom is -0.293 e. The van der Waals surface area contributed by atoms with Crippen LogP contribution >= 0.6 is 11.6 Å². The molecule has 5 heteroatoms. The summed E-state index contributed by atoms with van der Waals surface area (Å²) in [5.74, 6) is 0.834. The van der Waals surface area contributed by atoms with E-state index < -0.39 is 0 Å². The van der Waals surface area contributed by atoms with Gasteiger partial charge in [0.05, 0.1) is 6.42 Å². The molecule has 0 unspecified atom stereocenters. The molecule has 1 amide bonds. The minimum atomic E-state index is 0.119. The molecule has 0 aliphatic carbocycles. The molecule has 0 aromatic carbocycles. The van der Waals surface area contributed by atoms with Crippen molar-refractivity contribution in [2.75, 3.05) is 4.90 Å². The molecular formula is C13H18ClN3O. The van der Waals surface area contributed by atoms with Crippen LogP contribution < -0.4 is 4.90 Å². The number of aromatic nitrogens is 2. The van der Waals surface area contributed by atoms with Crippen molar-refractivity contribution in [3.63, 3.8) is 0 Å². The summed E-state index contributed by atoms with van der Waals surface area (Å²) in [6.45, 7) is 4.27. The van der Waals surface area contributed by atoms with E-state index >= 15 is 0 Å². The van der Waals surface area contributed by atoms with Crippen molar-refractivity contribution in [2.45, 2.75) is 52.0 Å². The van der Waals surface area contributed by atoms with E-state index in [1.807, 2.05) is 4.90 Å². The van der Waals surface area contributed by atoms with Crippen LogP contribution in [0.25, 0.3) is 0 Å². The van der Waals surface area contributed by atoms with Gasteiger partial charge in [-0.25, -0.2) is 4.98 Å². The molecule has 0 saturated carbocycles. The number of nitrogens with zero attached hydrogens (tertiary/aromatic N) is 3. The average Bonchev–Trinajstić information content (AvgIpc) is 2.64. The SMILES string of the molecule is CCCC(CCC)N1C(=O)Cc2cnc(Cl)nc21. The predicted molar refractivity (Wildman–Crippen MR) is 71.8 cm³/mol. The van der Waals surface area contributed by atoms with Gasteiger partial charge in [-0.15, -0.1) is 0 Å². The fourth-order valence-electron chi connectivity index (χ4n) is 2.52. The lowest BCUT2D eigenvalue weighted by Gasteiger charge is -2.27. The highest BCUT2D eigenvalue weighted by Gasteiger charge is 2.33. The molecule has 0 fully saturated rings. The van der Waals surface area contributed by atoms with Crippen LogP contribution in [0.1, 0.15) is 45.1 Å². The van der Waals surface area contributed by atoms with Gasteiger partial charge < -0.3 is 0 Å². The zero-order valence-corrected chi connectivity index (χ0v) is 11.6. The van der Waals surface area contributed by atoms with Crippen LogP contribution in [0.15, 0.2) is 6.20 Å². The number of amides is 1. The molecule has 2 rings (SSSR count). The third-order valence-corrected chi connectivity index (χ3v) is 3.44. The molecule has 98 valence electrons. The summed E-state index contributed by atoms with van der Waals surface area (Å²) in [5, 5.41) is 0.209. The molecule has 1 aliphatic rings. The van der Waals surface area contributed by atoms with Crippen molar-refractivity contribution in [2.24, 2.45) is 0 Å². The standard InChI is InChI=1S/C13H18ClN3O/c1-3-5-10(6-4-2)17-11(18)7-9-8-15-13(14)16-12(9)17/h8,10H,3-7H2,1-2H3. The van der Waals surface area contributed by atoms with Gasteiger partial charge in [0.1, 0.15) is 5.82 Å². The first kappa shape index (κ1) is 13.3. The van der Waals surface area contributed by atoms with E-state index in [0.717, 1.165) is 31.2 Å². The molecule has 2 heterocycles. The fraction of sp³-hybridized carbons (Fsp3) is 0.615. The van der Waals surface area contributed by atoms with Gasteiger partial charge in [0.2, 0.25) is 11.2 Å². The lowest BCUT2D eigenvalue weighted by Crippen LogP contribution is -2.38. The molecular weight excluding hydrogens is 250 g/mol. The van der Waals surface area contributed by atoms with E-state index in [1.165, 1.54) is 0 Å². The maximum absolute atomic E-state index is 12.1. The van der Waals surface area contributed by atoms with Crippen LogP contribution in [0.4, 0.5) is 5.82 Å². The van der Waals surface area contributed by atoms with Crippen molar-refractivity contribution in [1.29, 1.82) is 0 Å². The molecule has 0 radical (unpaired) electrons. The Balaban J connectivity index is 2.32. The van der Waals surface area contributed by atoms with Gasteiger partial charge >= 0.3 is 0 Å². The van der Waals surface area contributed by atoms with Gasteiger partial charge in [0.15, 0.2) is 0 Å². The number of carbonyl (C=O) groups is 1. The van der Waals surface area contributed by atoms with E-state index in [1.54, 1.807) is 6.20 Å². The number of hydrogen-bond donors (Lipinski definition) is 0. The average molecular weight is 268 g/mol. The Bertz CT molecular complexity index is 444. The number of fused-ring (bicyclic) bond motifs is 1. The number of carbonyl (C=O) groups excluding carboxylic acids is 1. The van der Waals surface area contributed by atoms with E-state index in [2.05, 4.69) is 23.8 Å². The molecule has 18 heavy (non-hydrogen) atoms. The highest BCUT2D eigenvalue weighted by molar-refractivity contribution is 6.28. The van der Waals surface area contributed by atoms with E-state index in [9.17, 15) is 4.79 Å². The highest BCUT2D eigenvalue weighted by atomic mass is 35.5. The Morgan fingerprint density at radius 1 is 1.39 bits per heavy atom. The molecule has 0 N–H and O–H groups in total. The van der Waals surface area contributed by atoms with Gasteiger partial charge in [0, 0.05) is 17.8 Å². The Hall–Kier alpha value is -1.16. The predicted octanol–water partition coefficient (Wildman–Crippen LogP) is 2.99. The Morgan fingerprint density at radius 2 is 2.06 bits per heavy atom.